The Kier molecular flexibility index (Phi) is 7.51. The fraction of sp³-hybridized carbons (Fsp3) is 0.167. The summed E-state index contributed by atoms with van der Waals surface area (Å²) < 4.78 is 19.6. The predicted molar refractivity (Wildman–Crippen MR) is 119 cm³/mol. The van der Waals surface area contributed by atoms with Crippen molar-refractivity contribution in [1.82, 2.24) is 9.88 Å². The van der Waals surface area contributed by atoms with Gasteiger partial charge >= 0.3 is 0 Å². The highest BCUT2D eigenvalue weighted by atomic mass is 32.1. The zero-order valence-corrected chi connectivity index (χ0v) is 17.6. The maximum Gasteiger partial charge on any atom is 0.247 e. The van der Waals surface area contributed by atoms with E-state index in [4.69, 9.17) is 4.74 Å². The number of halogens is 1. The lowest BCUT2D eigenvalue weighted by molar-refractivity contribution is -0.126. The Bertz CT molecular complexity index is 1030. The van der Waals surface area contributed by atoms with Gasteiger partial charge in [0.25, 0.3) is 0 Å². The number of benzene rings is 2. The molecule has 0 aliphatic carbocycles. The Balaban J connectivity index is 1.59. The number of ether oxygens (including phenoxy) is 1. The zero-order chi connectivity index (χ0) is 21.3. The van der Waals surface area contributed by atoms with E-state index in [2.05, 4.69) is 11.6 Å². The van der Waals surface area contributed by atoms with Crippen molar-refractivity contribution >= 4 is 23.3 Å². The normalized spacial score (nSPS) is 10.9. The zero-order valence-electron chi connectivity index (χ0n) is 16.8. The second kappa shape index (κ2) is 10.5. The van der Waals surface area contributed by atoms with Gasteiger partial charge in [0.1, 0.15) is 18.2 Å². The van der Waals surface area contributed by atoms with Gasteiger partial charge in [-0.1, -0.05) is 36.4 Å². The van der Waals surface area contributed by atoms with Crippen LogP contribution in [0.25, 0.3) is 6.08 Å². The molecule has 0 fully saturated rings. The third-order valence-corrected chi connectivity index (χ3v) is 5.15. The van der Waals surface area contributed by atoms with Crippen molar-refractivity contribution in [3.63, 3.8) is 0 Å². The lowest BCUT2D eigenvalue weighted by Crippen LogP contribution is -2.29. The number of hydrogen-bond acceptors (Lipinski definition) is 4. The Morgan fingerprint density at radius 3 is 2.67 bits per heavy atom. The summed E-state index contributed by atoms with van der Waals surface area (Å²) in [6, 6.07) is 13.9. The van der Waals surface area contributed by atoms with Crippen LogP contribution in [0.2, 0.25) is 0 Å². The number of amides is 1. The first-order valence-electron chi connectivity index (χ1n) is 9.50. The van der Waals surface area contributed by atoms with Crippen LogP contribution < -0.4 is 4.74 Å². The third kappa shape index (κ3) is 6.12. The molecule has 1 amide bonds. The van der Waals surface area contributed by atoms with Gasteiger partial charge in [-0.05, 0) is 36.8 Å². The van der Waals surface area contributed by atoms with Gasteiger partial charge in [0, 0.05) is 30.1 Å². The standard InChI is InChI=1S/C24H23FN2O2S/c1-3-14-27(15-20-6-4-5-7-23(20)25)24(28)13-10-19-8-11-22(12-9-19)29-16-21-17-30-18(2)26-21/h3-13,17H,1,14-16H2,2H3. The van der Waals surface area contributed by atoms with Gasteiger partial charge in [-0.3, -0.25) is 4.79 Å². The van der Waals surface area contributed by atoms with Gasteiger partial charge in [0.2, 0.25) is 5.91 Å². The number of rotatable bonds is 9. The molecule has 0 bridgehead atoms. The highest BCUT2D eigenvalue weighted by Gasteiger charge is 2.12. The average molecular weight is 423 g/mol. The SMILES string of the molecule is C=CCN(Cc1ccccc1F)C(=O)C=Cc1ccc(OCc2csc(C)n2)cc1. The van der Waals surface area contributed by atoms with Crippen molar-refractivity contribution < 1.29 is 13.9 Å². The molecule has 0 aliphatic rings. The van der Waals surface area contributed by atoms with E-state index in [9.17, 15) is 9.18 Å². The van der Waals surface area contributed by atoms with Gasteiger partial charge < -0.3 is 9.64 Å². The molecule has 6 heteroatoms. The van der Waals surface area contributed by atoms with E-state index in [0.717, 1.165) is 22.0 Å². The van der Waals surface area contributed by atoms with Crippen molar-refractivity contribution in [2.24, 2.45) is 0 Å². The van der Waals surface area contributed by atoms with Crippen LogP contribution in [-0.2, 0) is 17.9 Å². The molecule has 154 valence electrons. The highest BCUT2D eigenvalue weighted by Crippen LogP contribution is 2.17. The maximum absolute atomic E-state index is 13.9. The summed E-state index contributed by atoms with van der Waals surface area (Å²) in [5.41, 5.74) is 2.24. The Morgan fingerprint density at radius 1 is 1.23 bits per heavy atom. The second-order valence-corrected chi connectivity index (χ2v) is 7.71. The van der Waals surface area contributed by atoms with Crippen molar-refractivity contribution in [2.75, 3.05) is 6.54 Å². The monoisotopic (exact) mass is 422 g/mol. The van der Waals surface area contributed by atoms with Gasteiger partial charge in [0.15, 0.2) is 0 Å². The van der Waals surface area contributed by atoms with Crippen LogP contribution in [0.5, 0.6) is 5.75 Å². The number of aromatic nitrogens is 1. The molecule has 1 heterocycles. The maximum atomic E-state index is 13.9. The van der Waals surface area contributed by atoms with Crippen LogP contribution in [0.3, 0.4) is 0 Å². The molecule has 3 aromatic rings. The van der Waals surface area contributed by atoms with E-state index in [1.807, 2.05) is 36.6 Å². The fourth-order valence-corrected chi connectivity index (χ4v) is 3.40. The molecule has 0 atom stereocenters. The van der Waals surface area contributed by atoms with Crippen molar-refractivity contribution in [3.8, 4) is 5.75 Å². The Labute approximate surface area is 180 Å². The molecule has 0 radical (unpaired) electrons. The summed E-state index contributed by atoms with van der Waals surface area (Å²) in [4.78, 5) is 18.5. The molecule has 0 saturated heterocycles. The van der Waals surface area contributed by atoms with E-state index < -0.39 is 0 Å². The smallest absolute Gasteiger partial charge is 0.247 e. The molecule has 3 rings (SSSR count). The van der Waals surface area contributed by atoms with Crippen LogP contribution in [0.1, 0.15) is 21.8 Å². The summed E-state index contributed by atoms with van der Waals surface area (Å²) in [6.07, 6.45) is 4.84. The number of carbonyl (C=O) groups is 1. The molecule has 0 N–H and O–H groups in total. The van der Waals surface area contributed by atoms with Gasteiger partial charge in [0.05, 0.1) is 10.7 Å². The minimum absolute atomic E-state index is 0.185. The first kappa shape index (κ1) is 21.5. The Morgan fingerprint density at radius 2 is 2.00 bits per heavy atom. The highest BCUT2D eigenvalue weighted by molar-refractivity contribution is 7.09. The first-order chi connectivity index (χ1) is 14.5. The van der Waals surface area contributed by atoms with E-state index in [1.54, 1.807) is 41.7 Å². The van der Waals surface area contributed by atoms with E-state index >= 15 is 0 Å². The number of nitrogens with zero attached hydrogens (tertiary/aromatic N) is 2. The van der Waals surface area contributed by atoms with Gasteiger partial charge in [-0.25, -0.2) is 9.37 Å². The lowest BCUT2D eigenvalue weighted by atomic mass is 10.1. The summed E-state index contributed by atoms with van der Waals surface area (Å²) in [6.45, 7) is 6.59. The minimum Gasteiger partial charge on any atom is -0.487 e. The van der Waals surface area contributed by atoms with E-state index in [-0.39, 0.29) is 18.3 Å². The topological polar surface area (TPSA) is 42.4 Å². The van der Waals surface area contributed by atoms with Crippen LogP contribution in [-0.4, -0.2) is 22.3 Å². The molecule has 0 saturated carbocycles. The average Bonchev–Trinajstić information content (AvgIpc) is 3.17. The van der Waals surface area contributed by atoms with Crippen molar-refractivity contribution in [2.45, 2.75) is 20.1 Å². The Hall–Kier alpha value is -3.25. The molecule has 2 aromatic carbocycles. The summed E-state index contributed by atoms with van der Waals surface area (Å²) >= 11 is 1.59. The quantitative estimate of drug-likeness (QED) is 0.343. The summed E-state index contributed by atoms with van der Waals surface area (Å²) in [7, 11) is 0. The van der Waals surface area contributed by atoms with Gasteiger partial charge in [-0.15, -0.1) is 17.9 Å². The van der Waals surface area contributed by atoms with Crippen LogP contribution in [0.15, 0.2) is 72.6 Å². The predicted octanol–water partition coefficient (Wildman–Crippen LogP) is 5.40. The molecule has 0 aliphatic heterocycles. The number of hydrogen-bond donors (Lipinski definition) is 0. The molecular weight excluding hydrogens is 399 g/mol. The van der Waals surface area contributed by atoms with Crippen LogP contribution in [0, 0.1) is 12.7 Å². The third-order valence-electron chi connectivity index (χ3n) is 4.33. The molecule has 0 unspecified atom stereocenters. The van der Waals surface area contributed by atoms with E-state index in [1.165, 1.54) is 17.0 Å². The van der Waals surface area contributed by atoms with Gasteiger partial charge in [-0.2, -0.15) is 0 Å². The fourth-order valence-electron chi connectivity index (χ4n) is 2.80. The first-order valence-corrected chi connectivity index (χ1v) is 10.4. The molecular formula is C24H23FN2O2S. The molecule has 1 aromatic heterocycles. The summed E-state index contributed by atoms with van der Waals surface area (Å²) in [5, 5.41) is 2.99. The van der Waals surface area contributed by atoms with Crippen LogP contribution >= 0.6 is 11.3 Å². The molecule has 4 nitrogen and oxygen atoms in total. The van der Waals surface area contributed by atoms with Crippen molar-refractivity contribution in [1.29, 1.82) is 0 Å². The number of carbonyl (C=O) groups excluding carboxylic acids is 1. The number of thiazole rings is 1. The van der Waals surface area contributed by atoms with Crippen molar-refractivity contribution in [3.05, 3.63) is 100 Å². The molecule has 30 heavy (non-hydrogen) atoms. The summed E-state index contributed by atoms with van der Waals surface area (Å²) in [5.74, 6) is 0.195. The number of aryl methyl sites for hydroxylation is 1. The van der Waals surface area contributed by atoms with E-state index in [0.29, 0.717) is 18.7 Å². The second-order valence-electron chi connectivity index (χ2n) is 6.65. The minimum atomic E-state index is -0.327. The largest absolute Gasteiger partial charge is 0.487 e. The molecule has 0 spiro atoms. The van der Waals surface area contributed by atoms with Crippen LogP contribution in [0.4, 0.5) is 4.39 Å². The lowest BCUT2D eigenvalue weighted by Gasteiger charge is -2.19.